The highest BCUT2D eigenvalue weighted by Crippen LogP contribution is 2.23. The molecule has 0 spiro atoms. The first-order valence-electron chi connectivity index (χ1n) is 4.71. The molecular formula is C9H7FN4O3S. The predicted molar refractivity (Wildman–Crippen MR) is 61.7 cm³/mol. The van der Waals surface area contributed by atoms with Gasteiger partial charge in [0.15, 0.2) is 16.6 Å². The Kier molecular flexibility index (Phi) is 3.33. The fourth-order valence-corrected chi connectivity index (χ4v) is 1.71. The van der Waals surface area contributed by atoms with Crippen molar-refractivity contribution in [2.75, 3.05) is 5.73 Å². The number of hydrogen-bond acceptors (Lipinski definition) is 7. The Hall–Kier alpha value is -2.29. The molecule has 1 aromatic heterocycles. The van der Waals surface area contributed by atoms with E-state index in [0.29, 0.717) is 5.01 Å². The zero-order valence-corrected chi connectivity index (χ0v) is 9.69. The van der Waals surface area contributed by atoms with Crippen LogP contribution < -0.4 is 10.5 Å². The van der Waals surface area contributed by atoms with Crippen LogP contribution in [0.3, 0.4) is 0 Å². The molecule has 0 saturated heterocycles. The molecule has 2 aromatic rings. The molecule has 0 radical (unpaired) electrons. The van der Waals surface area contributed by atoms with Gasteiger partial charge in [0.25, 0.3) is 5.69 Å². The number of nitrogen functional groups attached to an aromatic ring is 1. The number of nitro benzene ring substituents is 1. The first-order valence-corrected chi connectivity index (χ1v) is 5.52. The Labute approximate surface area is 104 Å². The predicted octanol–water partition coefficient (Wildman–Crippen LogP) is 1.75. The number of nitro groups is 1. The summed E-state index contributed by atoms with van der Waals surface area (Å²) in [4.78, 5) is 9.73. The lowest BCUT2D eigenvalue weighted by molar-refractivity contribution is -0.385. The summed E-state index contributed by atoms with van der Waals surface area (Å²) >= 11 is 1.12. The normalized spacial score (nSPS) is 10.3. The summed E-state index contributed by atoms with van der Waals surface area (Å²) in [7, 11) is 0. The molecule has 0 unspecified atom stereocenters. The second-order valence-electron chi connectivity index (χ2n) is 3.19. The Morgan fingerprint density at radius 1 is 1.50 bits per heavy atom. The highest BCUT2D eigenvalue weighted by molar-refractivity contribution is 7.15. The van der Waals surface area contributed by atoms with Crippen LogP contribution >= 0.6 is 11.3 Å². The summed E-state index contributed by atoms with van der Waals surface area (Å²) in [6.45, 7) is 0.00357. The van der Waals surface area contributed by atoms with E-state index in [-0.39, 0.29) is 23.2 Å². The molecule has 7 nitrogen and oxygen atoms in total. The van der Waals surface area contributed by atoms with E-state index in [1.807, 2.05) is 0 Å². The van der Waals surface area contributed by atoms with Gasteiger partial charge in [-0.2, -0.15) is 0 Å². The third-order valence-electron chi connectivity index (χ3n) is 1.96. The van der Waals surface area contributed by atoms with Crippen LogP contribution in [0.5, 0.6) is 5.75 Å². The van der Waals surface area contributed by atoms with Crippen LogP contribution in [0.2, 0.25) is 0 Å². The van der Waals surface area contributed by atoms with Gasteiger partial charge in [0.2, 0.25) is 5.13 Å². The quantitative estimate of drug-likeness (QED) is 0.670. The molecule has 94 valence electrons. The molecule has 0 aliphatic rings. The highest BCUT2D eigenvalue weighted by atomic mass is 32.1. The minimum absolute atomic E-state index is 0.00357. The van der Waals surface area contributed by atoms with Crippen molar-refractivity contribution in [3.63, 3.8) is 0 Å². The van der Waals surface area contributed by atoms with Crippen molar-refractivity contribution in [1.29, 1.82) is 0 Å². The molecular weight excluding hydrogens is 263 g/mol. The SMILES string of the molecule is Nc1nnc(COc2ccc([N+](=O)[O-])cc2F)s1. The molecule has 1 aromatic carbocycles. The van der Waals surface area contributed by atoms with E-state index in [0.717, 1.165) is 23.5 Å². The minimum atomic E-state index is -0.804. The van der Waals surface area contributed by atoms with Crippen molar-refractivity contribution in [1.82, 2.24) is 10.2 Å². The number of nitrogens with zero attached hydrogens (tertiary/aromatic N) is 3. The molecule has 0 saturated carbocycles. The molecule has 0 amide bonds. The van der Waals surface area contributed by atoms with Crippen LogP contribution in [-0.4, -0.2) is 15.1 Å². The fraction of sp³-hybridized carbons (Fsp3) is 0.111. The second kappa shape index (κ2) is 4.92. The Balaban J connectivity index is 2.08. The first-order chi connectivity index (χ1) is 8.56. The molecule has 2 N–H and O–H groups in total. The molecule has 1 heterocycles. The maximum absolute atomic E-state index is 13.4. The van der Waals surface area contributed by atoms with Crippen LogP contribution in [0.1, 0.15) is 5.01 Å². The Morgan fingerprint density at radius 2 is 2.28 bits per heavy atom. The third-order valence-corrected chi connectivity index (χ3v) is 2.69. The largest absolute Gasteiger partial charge is 0.483 e. The lowest BCUT2D eigenvalue weighted by atomic mass is 10.3. The van der Waals surface area contributed by atoms with E-state index >= 15 is 0 Å². The van der Waals surface area contributed by atoms with Crippen molar-refractivity contribution in [3.05, 3.63) is 39.1 Å². The van der Waals surface area contributed by atoms with Crippen molar-refractivity contribution in [2.24, 2.45) is 0 Å². The van der Waals surface area contributed by atoms with Gasteiger partial charge in [0.05, 0.1) is 11.0 Å². The molecule has 18 heavy (non-hydrogen) atoms. The van der Waals surface area contributed by atoms with Crippen LogP contribution in [0.25, 0.3) is 0 Å². The van der Waals surface area contributed by atoms with E-state index in [2.05, 4.69) is 10.2 Å². The topological polar surface area (TPSA) is 104 Å². The Morgan fingerprint density at radius 3 is 2.83 bits per heavy atom. The average Bonchev–Trinajstić information content (AvgIpc) is 2.73. The average molecular weight is 270 g/mol. The van der Waals surface area contributed by atoms with E-state index < -0.39 is 10.7 Å². The van der Waals surface area contributed by atoms with Crippen LogP contribution in [0.15, 0.2) is 18.2 Å². The molecule has 0 atom stereocenters. The van der Waals surface area contributed by atoms with E-state index in [1.165, 1.54) is 6.07 Å². The summed E-state index contributed by atoms with van der Waals surface area (Å²) in [5.41, 5.74) is 5.04. The van der Waals surface area contributed by atoms with Crippen LogP contribution in [-0.2, 0) is 6.61 Å². The van der Waals surface area contributed by atoms with Gasteiger partial charge in [-0.05, 0) is 6.07 Å². The van der Waals surface area contributed by atoms with Gasteiger partial charge in [0, 0.05) is 6.07 Å². The van der Waals surface area contributed by atoms with Crippen molar-refractivity contribution in [3.8, 4) is 5.75 Å². The van der Waals surface area contributed by atoms with Gasteiger partial charge in [-0.25, -0.2) is 4.39 Å². The Bertz CT molecular complexity index is 589. The van der Waals surface area contributed by atoms with E-state index in [9.17, 15) is 14.5 Å². The molecule has 0 fully saturated rings. The van der Waals surface area contributed by atoms with E-state index in [4.69, 9.17) is 10.5 Å². The van der Waals surface area contributed by atoms with Gasteiger partial charge >= 0.3 is 0 Å². The molecule has 0 bridgehead atoms. The summed E-state index contributed by atoms with van der Waals surface area (Å²) in [6.07, 6.45) is 0. The maximum atomic E-state index is 13.4. The van der Waals surface area contributed by atoms with Crippen LogP contribution in [0.4, 0.5) is 15.2 Å². The first kappa shape index (κ1) is 12.2. The lowest BCUT2D eigenvalue weighted by Gasteiger charge is -2.04. The standard InChI is InChI=1S/C9H7FN4O3S/c10-6-3-5(14(15)16)1-2-7(6)17-4-8-12-13-9(11)18-8/h1-3H,4H2,(H2,11,13). The number of hydrogen-bond donors (Lipinski definition) is 1. The van der Waals surface area contributed by atoms with Crippen molar-refractivity contribution < 1.29 is 14.1 Å². The molecule has 0 aliphatic heterocycles. The monoisotopic (exact) mass is 270 g/mol. The zero-order valence-electron chi connectivity index (χ0n) is 8.87. The summed E-state index contributed by atoms with van der Waals surface area (Å²) < 4.78 is 18.6. The summed E-state index contributed by atoms with van der Waals surface area (Å²) in [5.74, 6) is -0.893. The highest BCUT2D eigenvalue weighted by Gasteiger charge is 2.12. The van der Waals surface area contributed by atoms with Gasteiger partial charge in [0.1, 0.15) is 6.61 Å². The minimum Gasteiger partial charge on any atom is -0.483 e. The number of ether oxygens (including phenoxy) is 1. The summed E-state index contributed by atoms with van der Waals surface area (Å²) in [6, 6.07) is 3.15. The second-order valence-corrected chi connectivity index (χ2v) is 4.29. The van der Waals surface area contributed by atoms with Gasteiger partial charge in [-0.15, -0.1) is 10.2 Å². The number of rotatable bonds is 4. The summed E-state index contributed by atoms with van der Waals surface area (Å²) in [5, 5.41) is 18.5. The molecule has 2 rings (SSSR count). The van der Waals surface area contributed by atoms with Gasteiger partial charge in [-0.3, -0.25) is 10.1 Å². The third kappa shape index (κ3) is 2.69. The number of non-ortho nitro benzene ring substituents is 1. The number of anilines is 1. The number of aromatic nitrogens is 2. The maximum Gasteiger partial charge on any atom is 0.272 e. The van der Waals surface area contributed by atoms with Gasteiger partial charge in [-0.1, -0.05) is 11.3 Å². The van der Waals surface area contributed by atoms with Crippen molar-refractivity contribution in [2.45, 2.75) is 6.61 Å². The number of halogens is 1. The molecule has 0 aliphatic carbocycles. The van der Waals surface area contributed by atoms with Crippen LogP contribution in [0, 0.1) is 15.9 Å². The van der Waals surface area contributed by atoms with E-state index in [1.54, 1.807) is 0 Å². The fourth-order valence-electron chi connectivity index (χ4n) is 1.18. The lowest BCUT2D eigenvalue weighted by Crippen LogP contribution is -1.98. The van der Waals surface area contributed by atoms with Gasteiger partial charge < -0.3 is 10.5 Å². The van der Waals surface area contributed by atoms with Crippen molar-refractivity contribution >= 4 is 22.2 Å². The zero-order chi connectivity index (χ0) is 13.1. The number of nitrogens with two attached hydrogens (primary N) is 1. The number of benzene rings is 1. The smallest absolute Gasteiger partial charge is 0.272 e. The molecule has 9 heteroatoms.